The van der Waals surface area contributed by atoms with Crippen molar-refractivity contribution in [2.24, 2.45) is 0 Å². The third kappa shape index (κ3) is 1.34. The van der Waals surface area contributed by atoms with Gasteiger partial charge in [-0.3, -0.25) is 0 Å². The van der Waals surface area contributed by atoms with Crippen LogP contribution in [0, 0.1) is 6.92 Å². The van der Waals surface area contributed by atoms with Gasteiger partial charge in [-0.1, -0.05) is 0 Å². The first-order valence-corrected chi connectivity index (χ1v) is 14.1. The molecule has 2 heteroatoms. The van der Waals surface area contributed by atoms with Gasteiger partial charge in [-0.05, 0) is 0 Å². The molecule has 0 atom stereocenters. The molecule has 0 N–H and O–H groups in total. The Hall–Kier alpha value is -1.87. The van der Waals surface area contributed by atoms with Crippen LogP contribution in [0.2, 0.25) is 11.5 Å². The Morgan fingerprint density at radius 3 is 2.18 bits per heavy atom. The van der Waals surface area contributed by atoms with Crippen molar-refractivity contribution in [3.05, 3.63) is 54.2 Å². The van der Waals surface area contributed by atoms with E-state index in [4.69, 9.17) is 4.98 Å². The first-order chi connectivity index (χ1) is 10.6. The SMILES string of the molecule is Cc1cnc2c(c1)c1ccc[c]3c1c1[c](cccc21)[Ge]3([CH3])[CH3]. The number of benzene rings is 3. The summed E-state index contributed by atoms with van der Waals surface area (Å²) in [6, 6.07) is 16.0. The maximum absolute atomic E-state index is 4.79. The molecule has 106 valence electrons. The van der Waals surface area contributed by atoms with Gasteiger partial charge in [0.2, 0.25) is 0 Å². The monoisotopic (exact) mass is 345 g/mol. The third-order valence-corrected chi connectivity index (χ3v) is 12.7. The van der Waals surface area contributed by atoms with Gasteiger partial charge in [-0.25, -0.2) is 0 Å². The van der Waals surface area contributed by atoms with Gasteiger partial charge in [0.25, 0.3) is 0 Å². The van der Waals surface area contributed by atoms with Gasteiger partial charge >= 0.3 is 132 Å². The van der Waals surface area contributed by atoms with Gasteiger partial charge in [-0.15, -0.1) is 0 Å². The van der Waals surface area contributed by atoms with Crippen LogP contribution >= 0.6 is 0 Å². The molecule has 4 aromatic rings. The number of hydrogen-bond donors (Lipinski definition) is 0. The first-order valence-electron chi connectivity index (χ1n) is 7.84. The van der Waals surface area contributed by atoms with Crippen LogP contribution in [0.25, 0.3) is 32.4 Å². The van der Waals surface area contributed by atoms with Crippen LogP contribution < -0.4 is 8.79 Å². The molecule has 0 amide bonds. The molecule has 1 nitrogen and oxygen atoms in total. The fourth-order valence-electron chi connectivity index (χ4n) is 4.24. The van der Waals surface area contributed by atoms with Crippen LogP contribution in [0.15, 0.2) is 48.7 Å². The summed E-state index contributed by atoms with van der Waals surface area (Å²) in [7, 11) is 0. The van der Waals surface area contributed by atoms with Crippen LogP contribution in [-0.4, -0.2) is 18.3 Å². The number of nitrogens with zero attached hydrogens (tertiary/aromatic N) is 1. The van der Waals surface area contributed by atoms with Crippen LogP contribution in [0.1, 0.15) is 5.56 Å². The quantitative estimate of drug-likeness (QED) is 0.347. The maximum atomic E-state index is 4.79. The van der Waals surface area contributed by atoms with Crippen molar-refractivity contribution in [2.45, 2.75) is 18.4 Å². The fourth-order valence-corrected chi connectivity index (χ4v) is 10.7. The minimum atomic E-state index is -2.16. The number of aromatic nitrogens is 1. The molecule has 0 aliphatic carbocycles. The van der Waals surface area contributed by atoms with Crippen molar-refractivity contribution < 1.29 is 0 Å². The van der Waals surface area contributed by atoms with Gasteiger partial charge < -0.3 is 0 Å². The molecule has 1 aliphatic heterocycles. The Kier molecular flexibility index (Phi) is 2.25. The topological polar surface area (TPSA) is 12.9 Å². The first kappa shape index (κ1) is 12.7. The fraction of sp³-hybridized carbons (Fsp3) is 0.150. The molecule has 2 heterocycles. The summed E-state index contributed by atoms with van der Waals surface area (Å²) in [6.45, 7) is 2.13. The molecule has 0 unspecified atom stereocenters. The number of pyridine rings is 1. The van der Waals surface area contributed by atoms with Crippen molar-refractivity contribution in [3.63, 3.8) is 0 Å². The van der Waals surface area contributed by atoms with Gasteiger partial charge in [0.05, 0.1) is 0 Å². The minimum absolute atomic E-state index is 1.16. The molecule has 0 saturated carbocycles. The molecule has 3 aromatic carbocycles. The van der Waals surface area contributed by atoms with E-state index in [1.54, 1.807) is 8.79 Å². The molecular formula is C20H17GeN. The second kappa shape index (κ2) is 3.91. The van der Waals surface area contributed by atoms with E-state index < -0.39 is 13.3 Å². The van der Waals surface area contributed by atoms with Crippen LogP contribution in [0.4, 0.5) is 0 Å². The van der Waals surface area contributed by atoms with Crippen LogP contribution in [0.3, 0.4) is 0 Å². The summed E-state index contributed by atoms with van der Waals surface area (Å²) in [5.74, 6) is 5.04. The zero-order valence-corrected chi connectivity index (χ0v) is 15.2. The average Bonchev–Trinajstić information content (AvgIpc) is 2.76. The van der Waals surface area contributed by atoms with E-state index in [2.05, 4.69) is 60.9 Å². The van der Waals surface area contributed by atoms with Gasteiger partial charge in [-0.2, -0.15) is 0 Å². The Bertz CT molecular complexity index is 1110. The van der Waals surface area contributed by atoms with Crippen LogP contribution in [0.5, 0.6) is 0 Å². The van der Waals surface area contributed by atoms with E-state index in [9.17, 15) is 0 Å². The molecule has 0 radical (unpaired) electrons. The van der Waals surface area contributed by atoms with E-state index in [0.29, 0.717) is 0 Å². The molecular weight excluding hydrogens is 327 g/mol. The number of aryl methyl sites for hydroxylation is 1. The van der Waals surface area contributed by atoms with E-state index in [1.165, 1.54) is 32.5 Å². The molecule has 1 aromatic heterocycles. The van der Waals surface area contributed by atoms with E-state index in [0.717, 1.165) is 5.52 Å². The summed E-state index contributed by atoms with van der Waals surface area (Å²) >= 11 is -2.16. The zero-order valence-electron chi connectivity index (χ0n) is 13.1. The van der Waals surface area contributed by atoms with E-state index in [1.807, 2.05) is 6.20 Å². The average molecular weight is 344 g/mol. The standard InChI is InChI=1S/C20H17GeN/c1-12-10-15-13-6-4-8-16-18(13)19-14(20(15)22-11-12)7-5-9-17(19)21(16,2)3/h4-11H,1-3H3. The Balaban J connectivity index is 2.23. The van der Waals surface area contributed by atoms with Crippen molar-refractivity contribution in [1.82, 2.24) is 4.98 Å². The van der Waals surface area contributed by atoms with Gasteiger partial charge in [0.1, 0.15) is 0 Å². The summed E-state index contributed by atoms with van der Waals surface area (Å²) in [5, 5.41) is 7.03. The summed E-state index contributed by atoms with van der Waals surface area (Å²) in [5.41, 5.74) is 2.39. The van der Waals surface area contributed by atoms with Crippen molar-refractivity contribution in [2.75, 3.05) is 0 Å². The number of fused-ring (bicyclic) bond motifs is 3. The number of hydrogen-bond acceptors (Lipinski definition) is 1. The zero-order chi connectivity index (χ0) is 15.1. The van der Waals surface area contributed by atoms with Gasteiger partial charge in [0, 0.05) is 0 Å². The van der Waals surface area contributed by atoms with Crippen LogP contribution in [-0.2, 0) is 0 Å². The molecule has 22 heavy (non-hydrogen) atoms. The van der Waals surface area contributed by atoms with Gasteiger partial charge in [0.15, 0.2) is 0 Å². The van der Waals surface area contributed by atoms with Crippen molar-refractivity contribution >= 4 is 54.5 Å². The van der Waals surface area contributed by atoms with Crippen molar-refractivity contribution in [1.29, 1.82) is 0 Å². The predicted molar refractivity (Wildman–Crippen MR) is 98.2 cm³/mol. The second-order valence-corrected chi connectivity index (χ2v) is 16.1. The summed E-state index contributed by atoms with van der Waals surface area (Å²) < 4.78 is 3.25. The van der Waals surface area contributed by atoms with E-state index >= 15 is 0 Å². The molecule has 0 spiro atoms. The second-order valence-electron chi connectivity index (χ2n) is 6.99. The molecule has 0 fully saturated rings. The number of rotatable bonds is 0. The molecule has 1 aliphatic rings. The Labute approximate surface area is 132 Å². The van der Waals surface area contributed by atoms with Crippen molar-refractivity contribution in [3.8, 4) is 0 Å². The molecule has 0 saturated heterocycles. The Morgan fingerprint density at radius 2 is 1.45 bits per heavy atom. The molecule has 0 bridgehead atoms. The summed E-state index contributed by atoms with van der Waals surface area (Å²) in [6.07, 6.45) is 1.99. The third-order valence-electron chi connectivity index (χ3n) is 5.30. The van der Waals surface area contributed by atoms with E-state index in [-0.39, 0.29) is 0 Å². The predicted octanol–water partition coefficient (Wildman–Crippen LogP) is 3.99. The normalized spacial score (nSPS) is 15.4. The Morgan fingerprint density at radius 1 is 0.818 bits per heavy atom. The molecule has 5 rings (SSSR count). The summed E-state index contributed by atoms with van der Waals surface area (Å²) in [4.78, 5) is 4.79.